The lowest BCUT2D eigenvalue weighted by atomic mass is 9.49. The molecular formula is C32H47NO4. The van der Waals surface area contributed by atoms with E-state index in [0.717, 1.165) is 63.1 Å². The number of carbonyl (C=O) groups excluding carboxylic acids is 1. The summed E-state index contributed by atoms with van der Waals surface area (Å²) in [6, 6.07) is 4.12. The summed E-state index contributed by atoms with van der Waals surface area (Å²) in [5.41, 5.74) is 4.79. The first-order valence-corrected chi connectivity index (χ1v) is 15.0. The van der Waals surface area contributed by atoms with Crippen LogP contribution in [0.3, 0.4) is 0 Å². The first-order chi connectivity index (χ1) is 17.9. The van der Waals surface area contributed by atoms with E-state index in [0.29, 0.717) is 18.3 Å². The van der Waals surface area contributed by atoms with Crippen molar-refractivity contribution in [1.29, 1.82) is 0 Å². The molecule has 2 saturated carbocycles. The fourth-order valence-electron chi connectivity index (χ4n) is 7.44. The summed E-state index contributed by atoms with van der Waals surface area (Å²) in [6.07, 6.45) is 13.4. The number of ether oxygens (including phenoxy) is 3. The molecule has 5 nitrogen and oxygen atoms in total. The Bertz CT molecular complexity index is 1000. The molecule has 3 aliphatic carbocycles. The van der Waals surface area contributed by atoms with Gasteiger partial charge in [-0.05, 0) is 93.1 Å². The van der Waals surface area contributed by atoms with Crippen LogP contribution in [0, 0.1) is 18.8 Å². The van der Waals surface area contributed by atoms with Gasteiger partial charge < -0.3 is 19.5 Å². The molecule has 1 aromatic carbocycles. The topological polar surface area (TPSA) is 60.1 Å². The molecule has 5 heteroatoms. The van der Waals surface area contributed by atoms with E-state index in [1.807, 2.05) is 6.07 Å². The third kappa shape index (κ3) is 5.11. The van der Waals surface area contributed by atoms with Crippen molar-refractivity contribution in [2.75, 3.05) is 19.7 Å². The van der Waals surface area contributed by atoms with Crippen LogP contribution in [0.5, 0.6) is 5.75 Å². The summed E-state index contributed by atoms with van der Waals surface area (Å²) < 4.78 is 17.9. The van der Waals surface area contributed by atoms with Crippen LogP contribution in [-0.4, -0.2) is 37.6 Å². The zero-order chi connectivity index (χ0) is 26.0. The minimum atomic E-state index is -0.594. The van der Waals surface area contributed by atoms with Crippen LogP contribution in [0.1, 0.15) is 101 Å². The second-order valence-corrected chi connectivity index (χ2v) is 12.1. The number of nitrogens with one attached hydrogen (secondary N) is 1. The fourth-order valence-corrected chi connectivity index (χ4v) is 7.44. The summed E-state index contributed by atoms with van der Waals surface area (Å²) in [7, 11) is 0. The number of hydrogen-bond donors (Lipinski definition) is 1. The molecule has 1 aliphatic heterocycles. The number of allylic oxidation sites excluding steroid dienone is 1. The van der Waals surface area contributed by atoms with E-state index >= 15 is 0 Å². The van der Waals surface area contributed by atoms with Gasteiger partial charge in [-0.25, -0.2) is 4.79 Å². The predicted molar refractivity (Wildman–Crippen MR) is 147 cm³/mol. The Morgan fingerprint density at radius 3 is 2.76 bits per heavy atom. The number of fused-ring (bicyclic) bond motifs is 2. The van der Waals surface area contributed by atoms with Gasteiger partial charge in [-0.3, -0.25) is 0 Å². The molecule has 0 aromatic heterocycles. The van der Waals surface area contributed by atoms with Gasteiger partial charge in [-0.1, -0.05) is 64.2 Å². The van der Waals surface area contributed by atoms with Crippen molar-refractivity contribution < 1.29 is 19.0 Å². The molecule has 5 rings (SSSR count). The first kappa shape index (κ1) is 26.7. The van der Waals surface area contributed by atoms with Gasteiger partial charge in [0.05, 0.1) is 12.7 Å². The zero-order valence-electron chi connectivity index (χ0n) is 23.3. The number of benzene rings is 1. The van der Waals surface area contributed by atoms with Gasteiger partial charge in [-0.2, -0.15) is 0 Å². The third-order valence-corrected chi connectivity index (χ3v) is 9.83. The predicted octanol–water partition coefficient (Wildman–Crippen LogP) is 7.18. The number of rotatable bonds is 13. The van der Waals surface area contributed by atoms with Crippen LogP contribution in [0.4, 0.5) is 4.79 Å². The highest BCUT2D eigenvalue weighted by Crippen LogP contribution is 2.68. The van der Waals surface area contributed by atoms with Crippen LogP contribution in [0.25, 0.3) is 0 Å². The van der Waals surface area contributed by atoms with Crippen molar-refractivity contribution in [3.63, 3.8) is 0 Å². The molecule has 4 aliphatic rings. The van der Waals surface area contributed by atoms with Gasteiger partial charge in [0.25, 0.3) is 0 Å². The molecular weight excluding hydrogens is 462 g/mol. The molecule has 1 saturated heterocycles. The standard InChI is InChI=1S/C32H47NO4/c1-5-6-7-8-9-10-19-35-30(34)36-27-14-13-26-20-28-32(37-28)16-15-22(2)24(4)31(32,29(26)23(27)3)17-18-33-21-25-11-12-25/h13-14,24-25,28,33H,2,5-12,15-21H2,1,3-4H3. The van der Waals surface area contributed by atoms with E-state index in [2.05, 4.69) is 38.7 Å². The number of unbranched alkanes of at least 4 members (excludes halogenated alkanes) is 5. The Kier molecular flexibility index (Phi) is 8.02. The van der Waals surface area contributed by atoms with Gasteiger partial charge >= 0.3 is 6.16 Å². The highest BCUT2D eigenvalue weighted by molar-refractivity contribution is 5.66. The lowest BCUT2D eigenvalue weighted by Crippen LogP contribution is -2.56. The Morgan fingerprint density at radius 2 is 1.97 bits per heavy atom. The van der Waals surface area contributed by atoms with E-state index in [1.165, 1.54) is 55.2 Å². The second-order valence-electron chi connectivity index (χ2n) is 12.1. The molecule has 4 atom stereocenters. The van der Waals surface area contributed by atoms with E-state index in [-0.39, 0.29) is 17.1 Å². The maximum absolute atomic E-state index is 12.6. The summed E-state index contributed by atoms with van der Waals surface area (Å²) >= 11 is 0. The van der Waals surface area contributed by atoms with Crippen LogP contribution in [0.2, 0.25) is 0 Å². The molecule has 0 bridgehead atoms. The lowest BCUT2D eigenvalue weighted by Gasteiger charge is -2.52. The van der Waals surface area contributed by atoms with E-state index in [1.54, 1.807) is 0 Å². The maximum Gasteiger partial charge on any atom is 0.513 e. The van der Waals surface area contributed by atoms with E-state index in [9.17, 15) is 4.79 Å². The highest BCUT2D eigenvalue weighted by atomic mass is 16.7. The molecule has 37 heavy (non-hydrogen) atoms. The fraction of sp³-hybridized carbons (Fsp3) is 0.719. The zero-order valence-corrected chi connectivity index (χ0v) is 23.3. The Labute approximate surface area is 223 Å². The minimum Gasteiger partial charge on any atom is -0.434 e. The largest absolute Gasteiger partial charge is 0.513 e. The van der Waals surface area contributed by atoms with Crippen LogP contribution in [-0.2, 0) is 21.3 Å². The molecule has 0 radical (unpaired) electrons. The molecule has 1 aromatic rings. The Hall–Kier alpha value is -1.85. The average molecular weight is 510 g/mol. The summed E-state index contributed by atoms with van der Waals surface area (Å²) in [6.45, 7) is 13.7. The molecule has 1 heterocycles. The van der Waals surface area contributed by atoms with E-state index < -0.39 is 6.16 Å². The van der Waals surface area contributed by atoms with Crippen LogP contribution >= 0.6 is 0 Å². The summed E-state index contributed by atoms with van der Waals surface area (Å²) in [4.78, 5) is 12.6. The number of epoxide rings is 1. The van der Waals surface area contributed by atoms with Gasteiger partial charge in [0.15, 0.2) is 0 Å². The smallest absolute Gasteiger partial charge is 0.434 e. The van der Waals surface area contributed by atoms with Gasteiger partial charge in [0, 0.05) is 11.8 Å². The first-order valence-electron chi connectivity index (χ1n) is 15.0. The molecule has 0 amide bonds. The van der Waals surface area contributed by atoms with Gasteiger partial charge in [0.2, 0.25) is 0 Å². The van der Waals surface area contributed by atoms with Crippen molar-refractivity contribution in [3.05, 3.63) is 41.0 Å². The molecule has 1 N–H and O–H groups in total. The third-order valence-electron chi connectivity index (χ3n) is 9.83. The van der Waals surface area contributed by atoms with Crippen molar-refractivity contribution >= 4 is 6.16 Å². The van der Waals surface area contributed by atoms with Crippen molar-refractivity contribution in [1.82, 2.24) is 5.32 Å². The molecule has 4 unspecified atom stereocenters. The number of hydrogen-bond acceptors (Lipinski definition) is 5. The van der Waals surface area contributed by atoms with Gasteiger partial charge in [-0.15, -0.1) is 0 Å². The SMILES string of the molecule is C=C1CCC23OC2Cc2ccc(OC(=O)OCCCCCCCC)c(C)c2C3(CCNCC2CC2)C1C. The lowest BCUT2D eigenvalue weighted by molar-refractivity contribution is 0.0899. The van der Waals surface area contributed by atoms with Crippen molar-refractivity contribution in [2.45, 2.75) is 115 Å². The Balaban J connectivity index is 1.33. The normalized spacial score (nSPS) is 29.8. The van der Waals surface area contributed by atoms with Crippen LogP contribution < -0.4 is 10.1 Å². The van der Waals surface area contributed by atoms with Crippen LogP contribution in [0.15, 0.2) is 24.3 Å². The van der Waals surface area contributed by atoms with Gasteiger partial charge in [0.1, 0.15) is 11.4 Å². The monoisotopic (exact) mass is 509 g/mol. The van der Waals surface area contributed by atoms with Crippen molar-refractivity contribution in [2.24, 2.45) is 11.8 Å². The molecule has 204 valence electrons. The van der Waals surface area contributed by atoms with Crippen molar-refractivity contribution in [3.8, 4) is 5.75 Å². The summed E-state index contributed by atoms with van der Waals surface area (Å²) in [5, 5.41) is 3.74. The number of carbonyl (C=O) groups is 1. The highest BCUT2D eigenvalue weighted by Gasteiger charge is 2.74. The maximum atomic E-state index is 12.6. The molecule has 3 fully saturated rings. The van der Waals surface area contributed by atoms with E-state index in [4.69, 9.17) is 14.2 Å². The summed E-state index contributed by atoms with van der Waals surface area (Å²) in [5.74, 6) is 1.79. The second kappa shape index (κ2) is 11.1. The minimum absolute atomic E-state index is 0.121. The molecule has 1 spiro atoms. The average Bonchev–Trinajstić information content (AvgIpc) is 3.81. The Morgan fingerprint density at radius 1 is 1.19 bits per heavy atom. The quantitative estimate of drug-likeness (QED) is 0.100.